The summed E-state index contributed by atoms with van der Waals surface area (Å²) >= 11 is 0. The van der Waals surface area contributed by atoms with Gasteiger partial charge in [0.15, 0.2) is 5.69 Å². The van der Waals surface area contributed by atoms with Crippen LogP contribution in [0.3, 0.4) is 0 Å². The van der Waals surface area contributed by atoms with Gasteiger partial charge in [-0.2, -0.15) is 18.3 Å². The van der Waals surface area contributed by atoms with Gasteiger partial charge < -0.3 is 0 Å². The van der Waals surface area contributed by atoms with Gasteiger partial charge in [0, 0.05) is 0 Å². The van der Waals surface area contributed by atoms with Crippen LogP contribution in [0.2, 0.25) is 0 Å². The van der Waals surface area contributed by atoms with Gasteiger partial charge in [0.2, 0.25) is 0 Å². The molecule has 1 rings (SSSR count). The largest absolute Gasteiger partial charge is 0.433 e. The van der Waals surface area contributed by atoms with E-state index in [4.69, 9.17) is 0 Å². The average Bonchev–Trinajstić information content (AvgIpc) is 2.59. The van der Waals surface area contributed by atoms with Crippen molar-refractivity contribution in [2.75, 3.05) is 0 Å². The SMILES string of the molecule is C=C/C=C(\C=C/C)n1ncc(C)c1C(F)(F)F. The Morgan fingerprint density at radius 3 is 2.59 bits per heavy atom. The van der Waals surface area contributed by atoms with E-state index in [-0.39, 0.29) is 5.56 Å². The molecule has 0 spiro atoms. The minimum atomic E-state index is -4.43. The second-order valence-electron chi connectivity index (χ2n) is 3.41. The van der Waals surface area contributed by atoms with Crippen LogP contribution in [0.15, 0.2) is 37.1 Å². The number of aromatic nitrogens is 2. The molecule has 1 aromatic rings. The predicted octanol–water partition coefficient (Wildman–Crippen LogP) is 3.81. The van der Waals surface area contributed by atoms with E-state index < -0.39 is 11.9 Å². The van der Waals surface area contributed by atoms with Gasteiger partial charge in [-0.25, -0.2) is 4.68 Å². The molecule has 0 aliphatic carbocycles. The molecule has 0 bridgehead atoms. The second kappa shape index (κ2) is 5.03. The maximum atomic E-state index is 12.8. The minimum absolute atomic E-state index is 0.0944. The van der Waals surface area contributed by atoms with Crippen molar-refractivity contribution in [1.29, 1.82) is 0 Å². The summed E-state index contributed by atoms with van der Waals surface area (Å²) in [4.78, 5) is 0. The Hall–Kier alpha value is -1.78. The van der Waals surface area contributed by atoms with Gasteiger partial charge in [0.1, 0.15) is 0 Å². The van der Waals surface area contributed by atoms with Crippen molar-refractivity contribution in [3.8, 4) is 0 Å². The fraction of sp³-hybridized carbons (Fsp3) is 0.250. The van der Waals surface area contributed by atoms with E-state index in [1.807, 2.05) is 0 Å². The Morgan fingerprint density at radius 2 is 2.12 bits per heavy atom. The molecule has 0 aliphatic rings. The zero-order chi connectivity index (χ0) is 13.1. The average molecular weight is 242 g/mol. The number of hydrogen-bond donors (Lipinski definition) is 0. The molecule has 0 aliphatic heterocycles. The van der Waals surface area contributed by atoms with Gasteiger partial charge in [-0.15, -0.1) is 0 Å². The highest BCUT2D eigenvalue weighted by Gasteiger charge is 2.37. The molecule has 92 valence electrons. The topological polar surface area (TPSA) is 17.8 Å². The molecule has 1 heterocycles. The van der Waals surface area contributed by atoms with Gasteiger partial charge in [0.05, 0.1) is 11.9 Å². The summed E-state index contributed by atoms with van der Waals surface area (Å²) in [5.74, 6) is 0. The summed E-state index contributed by atoms with van der Waals surface area (Å²) in [6.45, 7) is 6.58. The van der Waals surface area contributed by atoms with Crippen molar-refractivity contribution in [3.05, 3.63) is 48.3 Å². The fourth-order valence-electron chi connectivity index (χ4n) is 1.46. The van der Waals surface area contributed by atoms with Crippen molar-refractivity contribution in [2.24, 2.45) is 0 Å². The molecule has 0 amide bonds. The first-order valence-electron chi connectivity index (χ1n) is 4.99. The lowest BCUT2D eigenvalue weighted by Crippen LogP contribution is -2.15. The zero-order valence-corrected chi connectivity index (χ0v) is 9.62. The molecule has 1 aromatic heterocycles. The first-order chi connectivity index (χ1) is 7.91. The number of allylic oxidation sites excluding steroid dienone is 5. The van der Waals surface area contributed by atoms with Crippen LogP contribution in [0.25, 0.3) is 5.70 Å². The van der Waals surface area contributed by atoms with Gasteiger partial charge in [-0.1, -0.05) is 18.7 Å². The van der Waals surface area contributed by atoms with E-state index in [2.05, 4.69) is 11.7 Å². The van der Waals surface area contributed by atoms with Gasteiger partial charge >= 0.3 is 6.18 Å². The highest BCUT2D eigenvalue weighted by atomic mass is 19.4. The van der Waals surface area contributed by atoms with Crippen LogP contribution in [0, 0.1) is 6.92 Å². The highest BCUT2D eigenvalue weighted by Crippen LogP contribution is 2.33. The van der Waals surface area contributed by atoms with Gasteiger partial charge in [-0.05, 0) is 31.6 Å². The first kappa shape index (κ1) is 13.3. The summed E-state index contributed by atoms with van der Waals surface area (Å²) in [5.41, 5.74) is -0.344. The maximum absolute atomic E-state index is 12.8. The summed E-state index contributed by atoms with van der Waals surface area (Å²) in [6, 6.07) is 0. The molecule has 0 saturated carbocycles. The van der Waals surface area contributed by atoms with Gasteiger partial charge in [0.25, 0.3) is 0 Å². The summed E-state index contributed by atoms with van der Waals surface area (Å²) in [6.07, 6.45) is 2.86. The van der Waals surface area contributed by atoms with Crippen molar-refractivity contribution < 1.29 is 13.2 Å². The summed E-state index contributed by atoms with van der Waals surface area (Å²) < 4.78 is 39.4. The second-order valence-corrected chi connectivity index (χ2v) is 3.41. The Kier molecular flexibility index (Phi) is 3.93. The van der Waals surface area contributed by atoms with Crippen molar-refractivity contribution >= 4 is 5.70 Å². The lowest BCUT2D eigenvalue weighted by atomic mass is 10.2. The van der Waals surface area contributed by atoms with Gasteiger partial charge in [-0.3, -0.25) is 0 Å². The lowest BCUT2D eigenvalue weighted by Gasteiger charge is -2.12. The van der Waals surface area contributed by atoms with E-state index in [1.54, 1.807) is 19.1 Å². The molecule has 0 N–H and O–H groups in total. The van der Waals surface area contributed by atoms with Crippen molar-refractivity contribution in [1.82, 2.24) is 9.78 Å². The fourth-order valence-corrected chi connectivity index (χ4v) is 1.46. The molecule has 0 unspecified atom stereocenters. The predicted molar refractivity (Wildman–Crippen MR) is 61.3 cm³/mol. The third-order valence-electron chi connectivity index (χ3n) is 2.09. The van der Waals surface area contributed by atoms with Crippen molar-refractivity contribution in [3.63, 3.8) is 0 Å². The smallest absolute Gasteiger partial charge is 0.228 e. The van der Waals surface area contributed by atoms with Crippen LogP contribution in [0.4, 0.5) is 13.2 Å². The van der Waals surface area contributed by atoms with Crippen molar-refractivity contribution in [2.45, 2.75) is 20.0 Å². The highest BCUT2D eigenvalue weighted by molar-refractivity contribution is 5.59. The van der Waals surface area contributed by atoms with Crippen LogP contribution >= 0.6 is 0 Å². The van der Waals surface area contributed by atoms with E-state index in [0.717, 1.165) is 4.68 Å². The van der Waals surface area contributed by atoms with E-state index in [0.29, 0.717) is 5.70 Å². The molecule has 0 saturated heterocycles. The van der Waals surface area contributed by atoms with Crippen LogP contribution in [-0.2, 0) is 6.18 Å². The number of hydrogen-bond acceptors (Lipinski definition) is 1. The quantitative estimate of drug-likeness (QED) is 0.737. The first-order valence-corrected chi connectivity index (χ1v) is 4.99. The maximum Gasteiger partial charge on any atom is 0.433 e. The Morgan fingerprint density at radius 1 is 1.47 bits per heavy atom. The van der Waals surface area contributed by atoms with Crippen LogP contribution in [0.5, 0.6) is 0 Å². The summed E-state index contributed by atoms with van der Waals surface area (Å²) in [5, 5.41) is 3.75. The number of aryl methyl sites for hydroxylation is 1. The molecule has 17 heavy (non-hydrogen) atoms. The monoisotopic (exact) mass is 242 g/mol. The Bertz CT molecular complexity index is 465. The molecule has 0 fully saturated rings. The number of rotatable bonds is 3. The van der Waals surface area contributed by atoms with Crippen LogP contribution < -0.4 is 0 Å². The number of alkyl halides is 3. The minimum Gasteiger partial charge on any atom is -0.228 e. The van der Waals surface area contributed by atoms with E-state index >= 15 is 0 Å². The summed E-state index contributed by atoms with van der Waals surface area (Å²) in [7, 11) is 0. The third-order valence-corrected chi connectivity index (χ3v) is 2.09. The Labute approximate surface area is 97.8 Å². The zero-order valence-electron chi connectivity index (χ0n) is 9.62. The molecular formula is C12H13F3N2. The standard InChI is InChI=1S/C12H13F3N2/c1-4-6-10(7-5-2)17-11(12(13,14)15)9(3)8-16-17/h4-8H,1H2,2-3H3/b7-5-,10-6+. The van der Waals surface area contributed by atoms with Crippen LogP contribution in [0.1, 0.15) is 18.2 Å². The van der Waals surface area contributed by atoms with E-state index in [1.165, 1.54) is 25.3 Å². The molecule has 2 nitrogen and oxygen atoms in total. The Balaban J connectivity index is 3.41. The number of halogens is 3. The van der Waals surface area contributed by atoms with Crippen LogP contribution in [-0.4, -0.2) is 9.78 Å². The lowest BCUT2D eigenvalue weighted by molar-refractivity contribution is -0.143. The number of nitrogens with zero attached hydrogens (tertiary/aromatic N) is 2. The molecule has 0 radical (unpaired) electrons. The van der Waals surface area contributed by atoms with E-state index in [9.17, 15) is 13.2 Å². The molecule has 0 aromatic carbocycles. The third kappa shape index (κ3) is 2.87. The molecular weight excluding hydrogens is 229 g/mol. The molecule has 0 atom stereocenters. The molecule has 5 heteroatoms. The normalized spacial score (nSPS) is 13.4.